The Morgan fingerprint density at radius 1 is 1.12 bits per heavy atom. The second-order valence-electron chi connectivity index (χ2n) is 7.87. The Balaban J connectivity index is 1.71. The number of nitrogens with one attached hydrogen (secondary N) is 1. The predicted octanol–water partition coefficient (Wildman–Crippen LogP) is 4.51. The summed E-state index contributed by atoms with van der Waals surface area (Å²) < 4.78 is 0. The summed E-state index contributed by atoms with van der Waals surface area (Å²) in [6.45, 7) is 4.25. The Labute approximate surface area is 159 Å². The Bertz CT molecular complexity index is 632. The molecule has 2 N–H and O–H groups in total. The summed E-state index contributed by atoms with van der Waals surface area (Å²) in [5, 5.41) is 12.9. The van der Waals surface area contributed by atoms with Crippen LogP contribution in [0.3, 0.4) is 0 Å². The molecule has 2 fully saturated rings. The molecule has 0 atom stereocenters. The third kappa shape index (κ3) is 4.55. The fraction of sp³-hybridized carbons (Fsp3) is 0.737. The van der Waals surface area contributed by atoms with Crippen LogP contribution in [-0.2, 0) is 4.79 Å². The number of hydrogen-bond acceptors (Lipinski definition) is 4. The standard InChI is InChI=1S/C19H29N3O3S/c1-12-3-7-15(8-4-12)22(16-9-5-14(6-10-16)17(23)24)19(25)21-18-20-11-13(2)26-18/h11-12,14-16H,3-10H2,1-2H3,(H,23,24)(H,20,21,25). The number of carboxylic acids is 1. The quantitative estimate of drug-likeness (QED) is 0.806. The van der Waals surface area contributed by atoms with Crippen molar-refractivity contribution in [3.8, 4) is 0 Å². The first-order chi connectivity index (χ1) is 12.4. The van der Waals surface area contributed by atoms with Gasteiger partial charge >= 0.3 is 12.0 Å². The summed E-state index contributed by atoms with van der Waals surface area (Å²) >= 11 is 1.48. The van der Waals surface area contributed by atoms with Crippen molar-refractivity contribution < 1.29 is 14.7 Å². The zero-order valence-corrected chi connectivity index (χ0v) is 16.4. The highest BCUT2D eigenvalue weighted by Gasteiger charge is 2.36. The van der Waals surface area contributed by atoms with Gasteiger partial charge < -0.3 is 10.0 Å². The highest BCUT2D eigenvalue weighted by molar-refractivity contribution is 7.15. The highest BCUT2D eigenvalue weighted by Crippen LogP contribution is 2.34. The van der Waals surface area contributed by atoms with Gasteiger partial charge in [0, 0.05) is 23.2 Å². The molecule has 0 radical (unpaired) electrons. The van der Waals surface area contributed by atoms with Gasteiger partial charge in [-0.3, -0.25) is 10.1 Å². The molecular weight excluding hydrogens is 350 g/mol. The fourth-order valence-electron chi connectivity index (χ4n) is 4.32. The number of aliphatic carboxylic acids is 1. The minimum atomic E-state index is -0.704. The largest absolute Gasteiger partial charge is 0.481 e. The summed E-state index contributed by atoms with van der Waals surface area (Å²) in [6, 6.07) is 0.307. The third-order valence-electron chi connectivity index (χ3n) is 5.89. The number of aromatic nitrogens is 1. The van der Waals surface area contributed by atoms with E-state index in [2.05, 4.69) is 17.2 Å². The molecule has 2 saturated carbocycles. The van der Waals surface area contributed by atoms with Crippen LogP contribution in [0.2, 0.25) is 0 Å². The lowest BCUT2D eigenvalue weighted by Crippen LogP contribution is -2.51. The molecule has 2 aliphatic rings. The first kappa shape index (κ1) is 19.1. The number of thiazole rings is 1. The fourth-order valence-corrected chi connectivity index (χ4v) is 4.97. The van der Waals surface area contributed by atoms with Gasteiger partial charge in [-0.05, 0) is 64.2 Å². The molecule has 0 saturated heterocycles. The Morgan fingerprint density at radius 3 is 2.19 bits per heavy atom. The van der Waals surface area contributed by atoms with Gasteiger partial charge in [-0.1, -0.05) is 6.92 Å². The van der Waals surface area contributed by atoms with E-state index in [0.29, 0.717) is 18.0 Å². The Morgan fingerprint density at radius 2 is 1.69 bits per heavy atom. The van der Waals surface area contributed by atoms with Crippen LogP contribution < -0.4 is 5.32 Å². The zero-order chi connectivity index (χ0) is 18.7. The number of rotatable bonds is 4. The highest BCUT2D eigenvalue weighted by atomic mass is 32.1. The molecule has 0 bridgehead atoms. The van der Waals surface area contributed by atoms with Crippen LogP contribution >= 0.6 is 11.3 Å². The van der Waals surface area contributed by atoms with E-state index in [9.17, 15) is 14.7 Å². The number of carbonyl (C=O) groups is 2. The summed E-state index contributed by atoms with van der Waals surface area (Å²) in [4.78, 5) is 31.7. The van der Waals surface area contributed by atoms with Gasteiger partial charge in [-0.25, -0.2) is 9.78 Å². The maximum absolute atomic E-state index is 13.1. The van der Waals surface area contributed by atoms with Crippen LogP contribution in [0.4, 0.5) is 9.93 Å². The number of carbonyl (C=O) groups excluding carboxylic acids is 1. The second-order valence-corrected chi connectivity index (χ2v) is 9.11. The topological polar surface area (TPSA) is 82.5 Å². The molecule has 144 valence electrons. The lowest BCUT2D eigenvalue weighted by molar-refractivity contribution is -0.143. The molecule has 3 rings (SSSR count). The number of anilines is 1. The van der Waals surface area contributed by atoms with Gasteiger partial charge in [0.25, 0.3) is 0 Å². The van der Waals surface area contributed by atoms with Crippen molar-refractivity contribution >= 4 is 28.5 Å². The normalized spacial score (nSPS) is 29.2. The maximum atomic E-state index is 13.1. The van der Waals surface area contributed by atoms with Gasteiger partial charge in [0.05, 0.1) is 5.92 Å². The first-order valence-electron chi connectivity index (χ1n) is 9.68. The summed E-state index contributed by atoms with van der Waals surface area (Å²) in [7, 11) is 0. The summed E-state index contributed by atoms with van der Waals surface area (Å²) in [5.41, 5.74) is 0. The van der Waals surface area contributed by atoms with Gasteiger partial charge in [0.1, 0.15) is 0 Å². The lowest BCUT2D eigenvalue weighted by atomic mass is 9.82. The molecule has 1 aromatic heterocycles. The lowest BCUT2D eigenvalue weighted by Gasteiger charge is -2.43. The average Bonchev–Trinajstić information content (AvgIpc) is 3.02. The van der Waals surface area contributed by atoms with Crippen molar-refractivity contribution in [3.63, 3.8) is 0 Å². The van der Waals surface area contributed by atoms with Crippen molar-refractivity contribution in [1.82, 2.24) is 9.88 Å². The van der Waals surface area contributed by atoms with Crippen LogP contribution in [0, 0.1) is 18.8 Å². The summed E-state index contributed by atoms with van der Waals surface area (Å²) in [6.07, 6.45) is 8.98. The zero-order valence-electron chi connectivity index (χ0n) is 15.6. The molecule has 7 heteroatoms. The molecule has 6 nitrogen and oxygen atoms in total. The van der Waals surface area contributed by atoms with Crippen LogP contribution in [0.5, 0.6) is 0 Å². The van der Waals surface area contributed by atoms with Crippen LogP contribution in [-0.4, -0.2) is 39.1 Å². The van der Waals surface area contributed by atoms with Gasteiger partial charge in [-0.2, -0.15) is 0 Å². The second kappa shape index (κ2) is 8.37. The molecule has 0 spiro atoms. The number of urea groups is 1. The summed E-state index contributed by atoms with van der Waals surface area (Å²) in [5.74, 6) is -0.242. The van der Waals surface area contributed by atoms with Gasteiger partial charge in [0.2, 0.25) is 0 Å². The van der Waals surface area contributed by atoms with Crippen molar-refractivity contribution in [1.29, 1.82) is 0 Å². The smallest absolute Gasteiger partial charge is 0.324 e. The van der Waals surface area contributed by atoms with E-state index in [0.717, 1.165) is 49.3 Å². The van der Waals surface area contributed by atoms with E-state index >= 15 is 0 Å². The van der Waals surface area contributed by atoms with Gasteiger partial charge in [-0.15, -0.1) is 11.3 Å². The third-order valence-corrected chi connectivity index (χ3v) is 6.72. The molecule has 0 unspecified atom stereocenters. The minimum absolute atomic E-state index is 0.0716. The maximum Gasteiger partial charge on any atom is 0.324 e. The molecule has 1 heterocycles. The Hall–Kier alpha value is -1.63. The molecule has 2 aliphatic carbocycles. The van der Waals surface area contributed by atoms with Crippen molar-refractivity contribution in [2.24, 2.45) is 11.8 Å². The van der Waals surface area contributed by atoms with E-state index in [1.54, 1.807) is 6.20 Å². The van der Waals surface area contributed by atoms with Gasteiger partial charge in [0.15, 0.2) is 5.13 Å². The van der Waals surface area contributed by atoms with E-state index in [1.165, 1.54) is 11.3 Å². The number of aryl methyl sites for hydroxylation is 1. The first-order valence-corrected chi connectivity index (χ1v) is 10.5. The van der Waals surface area contributed by atoms with E-state index in [1.807, 2.05) is 11.8 Å². The van der Waals surface area contributed by atoms with E-state index in [-0.39, 0.29) is 24.0 Å². The number of amides is 2. The molecule has 26 heavy (non-hydrogen) atoms. The van der Waals surface area contributed by atoms with Crippen molar-refractivity contribution in [2.75, 3.05) is 5.32 Å². The van der Waals surface area contributed by atoms with Crippen molar-refractivity contribution in [3.05, 3.63) is 11.1 Å². The van der Waals surface area contributed by atoms with Crippen LogP contribution in [0.15, 0.2) is 6.20 Å². The number of nitrogens with zero attached hydrogens (tertiary/aromatic N) is 2. The molecule has 1 aromatic rings. The minimum Gasteiger partial charge on any atom is -0.481 e. The van der Waals surface area contributed by atoms with E-state index < -0.39 is 5.97 Å². The predicted molar refractivity (Wildman–Crippen MR) is 103 cm³/mol. The Kier molecular flexibility index (Phi) is 6.16. The average molecular weight is 380 g/mol. The SMILES string of the molecule is Cc1cnc(NC(=O)N(C2CCC(C)CC2)C2CCC(C(=O)O)CC2)s1. The van der Waals surface area contributed by atoms with E-state index in [4.69, 9.17) is 0 Å². The molecule has 0 aromatic carbocycles. The number of carboxylic acid groups (broad SMARTS) is 1. The molecule has 0 aliphatic heterocycles. The van der Waals surface area contributed by atoms with Crippen LogP contribution in [0.25, 0.3) is 0 Å². The molecule has 2 amide bonds. The molecular formula is C19H29N3O3S. The monoisotopic (exact) mass is 379 g/mol. The number of hydrogen-bond donors (Lipinski definition) is 2. The van der Waals surface area contributed by atoms with Crippen molar-refractivity contribution in [2.45, 2.75) is 77.3 Å². The van der Waals surface area contributed by atoms with Crippen LogP contribution in [0.1, 0.15) is 63.2 Å².